The number of ketones is 2. The number of Topliss-reactive ketones (excluding diaryl/α,β-unsaturated/α-hetero) is 2. The average molecular weight is 551 g/mol. The highest BCUT2D eigenvalue weighted by Gasteiger charge is 2.63. The Bertz CT molecular complexity index is 1320. The lowest BCUT2D eigenvalue weighted by atomic mass is 9.58. The van der Waals surface area contributed by atoms with E-state index < -0.39 is 76.8 Å². The third-order valence-electron chi connectivity index (χ3n) is 7.84. The van der Waals surface area contributed by atoms with Crippen LogP contribution in [0.25, 0.3) is 0 Å². The summed E-state index contributed by atoms with van der Waals surface area (Å²) >= 11 is 0. The molecule has 13 heteroatoms. The van der Waals surface area contributed by atoms with Crippen LogP contribution in [0.5, 0.6) is 5.75 Å². The molecule has 0 saturated heterocycles. The first-order chi connectivity index (χ1) is 18.1. The number of benzene rings is 1. The van der Waals surface area contributed by atoms with Crippen molar-refractivity contribution in [1.82, 2.24) is 10.2 Å². The number of hydrogen-bond acceptors (Lipinski definition) is 10. The van der Waals surface area contributed by atoms with Crippen LogP contribution in [0.4, 0.5) is 14.5 Å². The number of hydrogen-bond donors (Lipinski definition) is 6. The van der Waals surface area contributed by atoms with Crippen molar-refractivity contribution < 1.29 is 43.6 Å². The molecule has 0 spiro atoms. The Morgan fingerprint density at radius 3 is 2.38 bits per heavy atom. The fourth-order valence-electron chi connectivity index (χ4n) is 6.38. The van der Waals surface area contributed by atoms with Crippen LogP contribution in [0.2, 0.25) is 0 Å². The van der Waals surface area contributed by atoms with Crippen LogP contribution < -0.4 is 16.0 Å². The molecule has 1 aromatic rings. The van der Waals surface area contributed by atoms with Crippen LogP contribution in [0.1, 0.15) is 27.9 Å². The van der Waals surface area contributed by atoms with Crippen molar-refractivity contribution in [3.8, 4) is 5.75 Å². The Kier molecular flexibility index (Phi) is 7.21. The lowest BCUT2D eigenvalue weighted by Gasteiger charge is -2.50. The van der Waals surface area contributed by atoms with Crippen molar-refractivity contribution in [3.05, 3.63) is 45.4 Å². The second-order valence-electron chi connectivity index (χ2n) is 10.6. The van der Waals surface area contributed by atoms with Crippen LogP contribution in [0, 0.1) is 11.8 Å². The van der Waals surface area contributed by atoms with Gasteiger partial charge in [-0.15, -0.1) is 0 Å². The maximum absolute atomic E-state index is 13.8. The molecule has 0 fully saturated rings. The Morgan fingerprint density at radius 1 is 1.21 bits per heavy atom. The Morgan fingerprint density at radius 2 is 1.85 bits per heavy atom. The first-order valence-corrected chi connectivity index (χ1v) is 12.3. The number of phenolic OH excluding ortho intramolecular Hbond substituents is 1. The number of carbonyl (C=O) groups is 3. The number of nitrogens with two attached hydrogens (primary N) is 1. The van der Waals surface area contributed by atoms with E-state index >= 15 is 0 Å². The number of anilines is 1. The molecule has 3 aliphatic rings. The number of likely N-dealkylation sites (N-methyl/N-ethyl adjacent to an activating group) is 1. The van der Waals surface area contributed by atoms with Gasteiger partial charge in [0, 0.05) is 37.8 Å². The summed E-state index contributed by atoms with van der Waals surface area (Å²) in [5.41, 5.74) is 2.76. The number of halogens is 2. The van der Waals surface area contributed by atoms with E-state index in [1.54, 1.807) is 33.1 Å². The lowest BCUT2D eigenvalue weighted by molar-refractivity contribution is -0.148. The zero-order chi connectivity index (χ0) is 29.1. The quantitative estimate of drug-likeness (QED) is 0.263. The van der Waals surface area contributed by atoms with Crippen LogP contribution in [-0.4, -0.2) is 95.6 Å². The fraction of sp³-hybridized carbons (Fsp3) is 0.500. The number of rotatable bonds is 7. The van der Waals surface area contributed by atoms with Crippen LogP contribution in [-0.2, 0) is 22.6 Å². The van der Waals surface area contributed by atoms with Crippen molar-refractivity contribution in [2.24, 2.45) is 17.6 Å². The van der Waals surface area contributed by atoms with E-state index in [1.165, 1.54) is 11.0 Å². The number of alkyl halides is 2. The minimum absolute atomic E-state index is 0.0142. The third-order valence-corrected chi connectivity index (χ3v) is 7.84. The van der Waals surface area contributed by atoms with Gasteiger partial charge in [0.15, 0.2) is 11.4 Å². The molecule has 11 nitrogen and oxygen atoms in total. The van der Waals surface area contributed by atoms with Gasteiger partial charge in [0.25, 0.3) is 12.3 Å². The number of nitrogens with one attached hydrogen (secondary N) is 1. The minimum atomic E-state index is -2.72. The van der Waals surface area contributed by atoms with Crippen molar-refractivity contribution >= 4 is 23.2 Å². The summed E-state index contributed by atoms with van der Waals surface area (Å²) in [6, 6.07) is 0.185. The SMILES string of the molecule is CN(C)c1c(CNCC(F)F)cc(O)c2c1C[C@H]1C[C@H]3[C@H](N(C)C)C(O)=C(C(N)=O)C(=O)[C@@]3(O)C(O)=C1C2=O. The van der Waals surface area contributed by atoms with Gasteiger partial charge >= 0.3 is 0 Å². The third kappa shape index (κ3) is 4.24. The number of aromatic hydroxyl groups is 1. The first-order valence-electron chi connectivity index (χ1n) is 12.3. The van der Waals surface area contributed by atoms with Gasteiger partial charge in [0.1, 0.15) is 22.8 Å². The molecule has 0 aromatic heterocycles. The molecule has 0 unspecified atom stereocenters. The summed E-state index contributed by atoms with van der Waals surface area (Å²) in [7, 11) is 6.50. The van der Waals surface area contributed by atoms with Gasteiger partial charge in [-0.05, 0) is 50.0 Å². The molecular formula is C26H32F2N4O7. The van der Waals surface area contributed by atoms with E-state index in [-0.39, 0.29) is 30.5 Å². The lowest BCUT2D eigenvalue weighted by Crippen LogP contribution is -2.63. The van der Waals surface area contributed by atoms with Gasteiger partial charge < -0.3 is 36.4 Å². The van der Waals surface area contributed by atoms with Gasteiger partial charge in [0.05, 0.1) is 18.2 Å². The van der Waals surface area contributed by atoms with Crippen molar-refractivity contribution in [3.63, 3.8) is 0 Å². The van der Waals surface area contributed by atoms with Crippen LogP contribution in [0.3, 0.4) is 0 Å². The molecule has 0 radical (unpaired) electrons. The summed E-state index contributed by atoms with van der Waals surface area (Å²) < 4.78 is 25.4. The Balaban J connectivity index is 1.90. The van der Waals surface area contributed by atoms with E-state index in [0.29, 0.717) is 16.8 Å². The number of allylic oxidation sites excluding steroid dienone is 1. The summed E-state index contributed by atoms with van der Waals surface area (Å²) in [5, 5.41) is 47.3. The summed E-state index contributed by atoms with van der Waals surface area (Å²) in [6.45, 7) is -0.586. The van der Waals surface area contributed by atoms with Gasteiger partial charge in [-0.2, -0.15) is 0 Å². The van der Waals surface area contributed by atoms with Gasteiger partial charge in [-0.3, -0.25) is 19.3 Å². The number of fused-ring (bicyclic) bond motifs is 3. The van der Waals surface area contributed by atoms with Crippen LogP contribution >= 0.6 is 0 Å². The van der Waals surface area contributed by atoms with Crippen LogP contribution in [0.15, 0.2) is 28.7 Å². The minimum Gasteiger partial charge on any atom is -0.510 e. The Hall–Kier alpha value is -3.55. The van der Waals surface area contributed by atoms with Gasteiger partial charge in [-0.1, -0.05) is 0 Å². The molecule has 1 amide bonds. The molecule has 4 atom stereocenters. The highest BCUT2D eigenvalue weighted by Crippen LogP contribution is 2.53. The second kappa shape index (κ2) is 9.88. The maximum Gasteiger partial charge on any atom is 0.255 e. The molecule has 39 heavy (non-hydrogen) atoms. The number of phenols is 1. The number of primary amides is 1. The molecule has 1 aromatic carbocycles. The van der Waals surface area contributed by atoms with E-state index in [9.17, 15) is 43.6 Å². The summed E-state index contributed by atoms with van der Waals surface area (Å²) in [5.74, 6) is -7.34. The topological polar surface area (TPSA) is 177 Å². The number of amides is 1. The zero-order valence-corrected chi connectivity index (χ0v) is 22.0. The highest BCUT2D eigenvalue weighted by molar-refractivity contribution is 6.24. The standard InChI is InChI=1S/C26H32F2N4O7/c1-31(2)19-11(8-30-9-15(27)28)7-14(33)17-12(19)5-10-6-13-20(32(3)4)22(35)18(25(29)38)24(37)26(13,39)23(36)16(10)21(17)34/h7,10,13,15,20,30,33,35-36,39H,5-6,8-9H2,1-4H3,(H2,29,38)/t10-,13-,20-,26-/m0/s1. The number of aliphatic hydroxyl groups excluding tert-OH is 2. The van der Waals surface area contributed by atoms with Crippen molar-refractivity contribution in [2.75, 3.05) is 39.6 Å². The molecule has 3 aliphatic carbocycles. The van der Waals surface area contributed by atoms with Crippen molar-refractivity contribution in [2.45, 2.75) is 37.5 Å². The predicted octanol–water partition coefficient (Wildman–Crippen LogP) is 0.541. The second-order valence-corrected chi connectivity index (χ2v) is 10.6. The average Bonchev–Trinajstić information content (AvgIpc) is 2.80. The Labute approximate surface area is 223 Å². The molecule has 7 N–H and O–H groups in total. The molecular weight excluding hydrogens is 518 g/mol. The summed E-state index contributed by atoms with van der Waals surface area (Å²) in [6.07, 6.45) is -2.54. The predicted molar refractivity (Wildman–Crippen MR) is 136 cm³/mol. The van der Waals surface area contributed by atoms with Crippen molar-refractivity contribution in [1.29, 1.82) is 0 Å². The van der Waals surface area contributed by atoms with E-state index in [2.05, 4.69) is 5.32 Å². The molecule has 0 heterocycles. The smallest absolute Gasteiger partial charge is 0.255 e. The zero-order valence-electron chi connectivity index (χ0n) is 22.0. The van der Waals surface area contributed by atoms with Gasteiger partial charge in [0.2, 0.25) is 5.78 Å². The largest absolute Gasteiger partial charge is 0.510 e. The van der Waals surface area contributed by atoms with E-state index in [4.69, 9.17) is 5.73 Å². The number of nitrogens with zero attached hydrogens (tertiary/aromatic N) is 2. The van der Waals surface area contributed by atoms with E-state index in [1.807, 2.05) is 0 Å². The molecule has 0 bridgehead atoms. The number of carbonyl (C=O) groups excluding carboxylic acids is 3. The highest BCUT2D eigenvalue weighted by atomic mass is 19.3. The van der Waals surface area contributed by atoms with E-state index in [0.717, 1.165) is 0 Å². The monoisotopic (exact) mass is 550 g/mol. The fourth-order valence-corrected chi connectivity index (χ4v) is 6.38. The first kappa shape index (κ1) is 28.5. The molecule has 212 valence electrons. The molecule has 0 saturated carbocycles. The maximum atomic E-state index is 13.8. The molecule has 4 rings (SSSR count). The normalized spacial score (nSPS) is 26.6. The van der Waals surface area contributed by atoms with Gasteiger partial charge in [-0.25, -0.2) is 8.78 Å². The number of aliphatic hydroxyl groups is 3. The molecule has 0 aliphatic heterocycles. The summed E-state index contributed by atoms with van der Waals surface area (Å²) in [4.78, 5) is 42.4.